The van der Waals surface area contributed by atoms with Gasteiger partial charge in [-0.2, -0.15) is 5.10 Å². The molecule has 1 saturated heterocycles. The number of carbonyl (C=O) groups is 2. The Kier molecular flexibility index (Phi) is 4.87. The molecular weight excluding hydrogens is 340 g/mol. The smallest absolute Gasteiger partial charge is 0.404 e. The molecule has 0 spiro atoms. The molecule has 1 aliphatic heterocycles. The minimum absolute atomic E-state index is 0.0274. The minimum Gasteiger partial charge on any atom is -0.445 e. The zero-order valence-electron chi connectivity index (χ0n) is 14.3. The molecule has 11 nitrogen and oxygen atoms in total. The second-order valence-electron chi connectivity index (χ2n) is 5.96. The zero-order valence-corrected chi connectivity index (χ0v) is 14.3. The van der Waals surface area contributed by atoms with Crippen molar-refractivity contribution >= 4 is 29.3 Å². The summed E-state index contributed by atoms with van der Waals surface area (Å²) >= 11 is 0. The average molecular weight is 360 g/mol. The first kappa shape index (κ1) is 17.5. The van der Waals surface area contributed by atoms with E-state index in [0.29, 0.717) is 18.1 Å². The third-order valence-corrected chi connectivity index (χ3v) is 3.95. The van der Waals surface area contributed by atoms with Crippen molar-refractivity contribution in [3.63, 3.8) is 0 Å². The normalized spacial score (nSPS) is 17.0. The molecule has 0 aliphatic carbocycles. The predicted octanol–water partition coefficient (Wildman–Crippen LogP) is 0.117. The van der Waals surface area contributed by atoms with Crippen LogP contribution in [0.15, 0.2) is 18.6 Å². The fourth-order valence-corrected chi connectivity index (χ4v) is 2.83. The van der Waals surface area contributed by atoms with E-state index < -0.39 is 12.0 Å². The summed E-state index contributed by atoms with van der Waals surface area (Å²) < 4.78 is 6.69. The number of amides is 2. The number of aryl methyl sites for hydroxylation is 1. The number of carbonyl (C=O) groups excluding carboxylic acids is 2. The number of nitrogens with zero attached hydrogens (tertiary/aromatic N) is 5. The molecule has 0 bridgehead atoms. The van der Waals surface area contributed by atoms with Gasteiger partial charge in [-0.15, -0.1) is 0 Å². The highest BCUT2D eigenvalue weighted by Crippen LogP contribution is 2.23. The zero-order chi connectivity index (χ0) is 18.7. The van der Waals surface area contributed by atoms with E-state index in [1.54, 1.807) is 24.1 Å². The van der Waals surface area contributed by atoms with E-state index in [1.165, 1.54) is 6.20 Å². The van der Waals surface area contributed by atoms with Gasteiger partial charge >= 0.3 is 6.09 Å². The van der Waals surface area contributed by atoms with Crippen LogP contribution >= 0.6 is 0 Å². The lowest BCUT2D eigenvalue weighted by Crippen LogP contribution is -2.42. The third-order valence-electron chi connectivity index (χ3n) is 3.95. The summed E-state index contributed by atoms with van der Waals surface area (Å²) in [6.07, 6.45) is 5.23. The quantitative estimate of drug-likeness (QED) is 0.679. The molecule has 5 N–H and O–H groups in total. The first-order valence-corrected chi connectivity index (χ1v) is 8.06. The largest absolute Gasteiger partial charge is 0.445 e. The van der Waals surface area contributed by atoms with E-state index in [-0.39, 0.29) is 17.6 Å². The summed E-state index contributed by atoms with van der Waals surface area (Å²) in [5.41, 5.74) is 11.2. The van der Waals surface area contributed by atoms with Gasteiger partial charge in [0.05, 0.1) is 24.6 Å². The second-order valence-corrected chi connectivity index (χ2v) is 5.96. The number of nitrogens with one attached hydrogen (secondary N) is 1. The summed E-state index contributed by atoms with van der Waals surface area (Å²) in [5.74, 6) is 0.0872. The molecule has 1 fully saturated rings. The molecule has 138 valence electrons. The Hall–Kier alpha value is -3.37. The molecule has 3 heterocycles. The molecule has 2 amide bonds. The van der Waals surface area contributed by atoms with Crippen LogP contribution in [0.25, 0.3) is 0 Å². The molecule has 0 saturated carbocycles. The molecule has 2 aromatic rings. The van der Waals surface area contributed by atoms with Crippen molar-refractivity contribution in [2.75, 3.05) is 23.3 Å². The van der Waals surface area contributed by atoms with Gasteiger partial charge in [0, 0.05) is 19.8 Å². The van der Waals surface area contributed by atoms with Crippen molar-refractivity contribution < 1.29 is 14.3 Å². The van der Waals surface area contributed by atoms with Gasteiger partial charge < -0.3 is 26.4 Å². The highest BCUT2D eigenvalue weighted by molar-refractivity contribution is 5.96. The van der Waals surface area contributed by atoms with Gasteiger partial charge in [0.25, 0.3) is 5.91 Å². The maximum Gasteiger partial charge on any atom is 0.404 e. The number of anilines is 3. The lowest BCUT2D eigenvalue weighted by molar-refractivity contribution is 0.0960. The van der Waals surface area contributed by atoms with Crippen molar-refractivity contribution in [1.29, 1.82) is 0 Å². The molecule has 11 heteroatoms. The van der Waals surface area contributed by atoms with E-state index in [1.807, 2.05) is 4.90 Å². The Morgan fingerprint density at radius 2 is 2.15 bits per heavy atom. The third kappa shape index (κ3) is 3.99. The van der Waals surface area contributed by atoms with Crippen LogP contribution in [0.1, 0.15) is 23.3 Å². The van der Waals surface area contributed by atoms with E-state index in [9.17, 15) is 9.59 Å². The number of aromatic nitrogens is 4. The van der Waals surface area contributed by atoms with Crippen LogP contribution in [0, 0.1) is 0 Å². The number of primary amides is 2. The molecule has 0 aromatic carbocycles. The Morgan fingerprint density at radius 3 is 2.81 bits per heavy atom. The number of nitrogens with two attached hydrogens (primary N) is 2. The first-order valence-electron chi connectivity index (χ1n) is 8.06. The number of rotatable bonds is 5. The highest BCUT2D eigenvalue weighted by atomic mass is 16.6. The van der Waals surface area contributed by atoms with Crippen LogP contribution in [0.3, 0.4) is 0 Å². The van der Waals surface area contributed by atoms with Crippen molar-refractivity contribution in [2.45, 2.75) is 18.9 Å². The van der Waals surface area contributed by atoms with Crippen LogP contribution < -0.4 is 21.7 Å². The van der Waals surface area contributed by atoms with Crippen LogP contribution in [0.2, 0.25) is 0 Å². The van der Waals surface area contributed by atoms with Gasteiger partial charge in [-0.1, -0.05) is 0 Å². The van der Waals surface area contributed by atoms with Crippen molar-refractivity contribution in [3.05, 3.63) is 24.3 Å². The Bertz CT molecular complexity index is 821. The number of piperidine rings is 1. The molecule has 1 aliphatic rings. The maximum absolute atomic E-state index is 11.7. The molecular formula is C15H20N8O3. The van der Waals surface area contributed by atoms with Gasteiger partial charge in [0.1, 0.15) is 11.9 Å². The van der Waals surface area contributed by atoms with Gasteiger partial charge in [0.15, 0.2) is 11.5 Å². The average Bonchev–Trinajstić information content (AvgIpc) is 2.99. The van der Waals surface area contributed by atoms with Crippen LogP contribution in [-0.4, -0.2) is 50.9 Å². The fourth-order valence-electron chi connectivity index (χ4n) is 2.83. The van der Waals surface area contributed by atoms with Crippen molar-refractivity contribution in [1.82, 2.24) is 19.7 Å². The minimum atomic E-state index is -0.800. The van der Waals surface area contributed by atoms with Crippen molar-refractivity contribution in [3.8, 4) is 0 Å². The fraction of sp³-hybridized carbons (Fsp3) is 0.400. The Morgan fingerprint density at radius 1 is 1.35 bits per heavy atom. The summed E-state index contributed by atoms with van der Waals surface area (Å²) in [6, 6.07) is 0. The Labute approximate surface area is 149 Å². The van der Waals surface area contributed by atoms with Crippen LogP contribution in [-0.2, 0) is 11.8 Å². The lowest BCUT2D eigenvalue weighted by Gasteiger charge is -2.32. The first-order chi connectivity index (χ1) is 12.4. The van der Waals surface area contributed by atoms with Crippen LogP contribution in [0.4, 0.5) is 22.1 Å². The molecule has 2 aromatic heterocycles. The van der Waals surface area contributed by atoms with Crippen LogP contribution in [0.5, 0.6) is 0 Å². The number of ether oxygens (including phenoxy) is 1. The van der Waals surface area contributed by atoms with E-state index in [4.69, 9.17) is 16.2 Å². The summed E-state index contributed by atoms with van der Waals surface area (Å²) in [4.78, 5) is 33.2. The molecule has 0 unspecified atom stereocenters. The number of hydrogen-bond acceptors (Lipinski definition) is 8. The SMILES string of the molecule is Cn1cc(Nc2nc(N3CCC[C@@H](OC(N)=O)C3)cnc2C(N)=O)cn1. The summed E-state index contributed by atoms with van der Waals surface area (Å²) in [7, 11) is 1.77. The second kappa shape index (κ2) is 7.25. The van der Waals surface area contributed by atoms with E-state index >= 15 is 0 Å². The van der Waals surface area contributed by atoms with E-state index in [0.717, 1.165) is 19.4 Å². The molecule has 1 atom stereocenters. The molecule has 3 rings (SSSR count). The Balaban J connectivity index is 1.84. The van der Waals surface area contributed by atoms with Gasteiger partial charge in [-0.05, 0) is 12.8 Å². The maximum atomic E-state index is 11.7. The van der Waals surface area contributed by atoms with Gasteiger partial charge in [-0.3, -0.25) is 9.48 Å². The monoisotopic (exact) mass is 360 g/mol. The molecule has 0 radical (unpaired) electrons. The van der Waals surface area contributed by atoms with E-state index in [2.05, 4.69) is 20.4 Å². The topological polar surface area (TPSA) is 154 Å². The van der Waals surface area contributed by atoms with Crippen molar-refractivity contribution in [2.24, 2.45) is 18.5 Å². The van der Waals surface area contributed by atoms with Gasteiger partial charge in [-0.25, -0.2) is 14.8 Å². The highest BCUT2D eigenvalue weighted by Gasteiger charge is 2.25. The number of hydrogen-bond donors (Lipinski definition) is 3. The lowest BCUT2D eigenvalue weighted by atomic mass is 10.1. The summed E-state index contributed by atoms with van der Waals surface area (Å²) in [5, 5.41) is 7.06. The predicted molar refractivity (Wildman–Crippen MR) is 92.9 cm³/mol. The molecule has 26 heavy (non-hydrogen) atoms. The standard InChI is InChI=1S/C15H20N8O3/c1-22-7-9(5-19-22)20-14-12(13(16)24)18-6-11(21-14)23-4-2-3-10(8-23)26-15(17)25/h5-7,10H,2-4,8H2,1H3,(H2,16,24)(H2,17,25)(H,20,21)/t10-/m1/s1. The summed E-state index contributed by atoms with van der Waals surface area (Å²) in [6.45, 7) is 1.16. The van der Waals surface area contributed by atoms with Gasteiger partial charge in [0.2, 0.25) is 0 Å².